The molecule has 228 valence electrons. The van der Waals surface area contributed by atoms with E-state index < -0.39 is 48.4 Å². The molecule has 0 aromatic carbocycles. The van der Waals surface area contributed by atoms with Gasteiger partial charge in [0, 0.05) is 52.4 Å². The summed E-state index contributed by atoms with van der Waals surface area (Å²) in [4.78, 5) is 50.8. The van der Waals surface area contributed by atoms with Gasteiger partial charge in [0.25, 0.3) is 5.91 Å². The highest BCUT2D eigenvalue weighted by Gasteiger charge is 2.40. The molecule has 1 aliphatic heterocycles. The van der Waals surface area contributed by atoms with E-state index in [0.29, 0.717) is 12.0 Å². The van der Waals surface area contributed by atoms with Crippen LogP contribution >= 0.6 is 0 Å². The van der Waals surface area contributed by atoms with Crippen LogP contribution < -0.4 is 11.1 Å². The van der Waals surface area contributed by atoms with Crippen molar-refractivity contribution in [3.63, 3.8) is 0 Å². The number of nitrogens with two attached hydrogens (primary N) is 1. The third-order valence-electron chi connectivity index (χ3n) is 7.66. The molecule has 0 spiro atoms. The minimum atomic E-state index is -0.966. The Morgan fingerprint density at radius 2 is 1.63 bits per heavy atom. The Bertz CT molecular complexity index is 1090. The lowest BCUT2D eigenvalue weighted by molar-refractivity contribution is -0.134. The van der Waals surface area contributed by atoms with E-state index in [1.54, 1.807) is 40.2 Å². The van der Waals surface area contributed by atoms with Crippen molar-refractivity contribution in [2.24, 2.45) is 23.5 Å². The van der Waals surface area contributed by atoms with Crippen molar-refractivity contribution in [3.8, 4) is 0 Å². The highest BCUT2D eigenvalue weighted by molar-refractivity contribution is 6.12. The number of ether oxygens (including phenoxy) is 5. The van der Waals surface area contributed by atoms with Crippen molar-refractivity contribution < 1.29 is 42.9 Å². The van der Waals surface area contributed by atoms with Crippen LogP contribution in [0.3, 0.4) is 0 Å². The Kier molecular flexibility index (Phi) is 13.1. The van der Waals surface area contributed by atoms with Crippen LogP contribution in [0.5, 0.6) is 0 Å². The maximum atomic E-state index is 13.5. The van der Waals surface area contributed by atoms with Crippen LogP contribution in [0.1, 0.15) is 40.5 Å². The molecule has 1 unspecified atom stereocenters. The van der Waals surface area contributed by atoms with Gasteiger partial charge in [-0.1, -0.05) is 38.2 Å². The van der Waals surface area contributed by atoms with Crippen LogP contribution in [0.4, 0.5) is 4.79 Å². The molecule has 1 heterocycles. The number of amides is 2. The zero-order valence-electron chi connectivity index (χ0n) is 25.2. The molecule has 2 amide bonds. The zero-order chi connectivity index (χ0) is 30.9. The third-order valence-corrected chi connectivity index (χ3v) is 7.66. The number of Topliss-reactive ketones (excluding diaryl/α,β-unsaturated/α-hetero) is 1. The topological polar surface area (TPSA) is 152 Å². The summed E-state index contributed by atoms with van der Waals surface area (Å²) in [5, 5.41) is 2.58. The van der Waals surface area contributed by atoms with Gasteiger partial charge < -0.3 is 34.7 Å². The molecule has 3 N–H and O–H groups in total. The summed E-state index contributed by atoms with van der Waals surface area (Å²) in [6.07, 6.45) is 4.21. The van der Waals surface area contributed by atoms with Gasteiger partial charge in [-0.25, -0.2) is 4.79 Å². The van der Waals surface area contributed by atoms with Crippen molar-refractivity contribution in [2.45, 2.75) is 71.1 Å². The Morgan fingerprint density at radius 3 is 2.20 bits per heavy atom. The maximum absolute atomic E-state index is 13.5. The van der Waals surface area contributed by atoms with E-state index >= 15 is 0 Å². The lowest BCUT2D eigenvalue weighted by Crippen LogP contribution is -2.45. The van der Waals surface area contributed by atoms with Crippen LogP contribution in [0.15, 0.2) is 47.2 Å². The highest BCUT2D eigenvalue weighted by Crippen LogP contribution is 2.32. The first-order chi connectivity index (χ1) is 19.4. The zero-order valence-corrected chi connectivity index (χ0v) is 25.2. The van der Waals surface area contributed by atoms with E-state index in [0.717, 1.165) is 0 Å². The second-order valence-corrected chi connectivity index (χ2v) is 10.6. The molecule has 1 aliphatic carbocycles. The standard InChI is InChI=1S/C30H44N2O9/c1-16-10-9-11-23(37-5)28(41-30(31)36)18(3)12-17(2)27(40-8)24(38-6)13-19(4)26(39-7)21-14-20(33)15-22(25(21)34)32-29(16)35/h9-12,15,17,19,21,23-24,26-28H,13-14H2,1-8H3,(H2,31,36)(H,32,35)/b11-9-,16-10+,18-12+/t17-,19-,21?,23-,24-,26+,27+,28-/m0/s1. The number of hydrogen-bond acceptors (Lipinski definition) is 9. The van der Waals surface area contributed by atoms with Gasteiger partial charge in [-0.05, 0) is 31.8 Å². The molecule has 8 atom stereocenters. The van der Waals surface area contributed by atoms with E-state index in [9.17, 15) is 19.2 Å². The van der Waals surface area contributed by atoms with Crippen molar-refractivity contribution in [1.82, 2.24) is 5.32 Å². The lowest BCUT2D eigenvalue weighted by Gasteiger charge is -2.36. The van der Waals surface area contributed by atoms with E-state index in [1.165, 1.54) is 26.4 Å². The number of rotatable bonds is 5. The average molecular weight is 577 g/mol. The maximum Gasteiger partial charge on any atom is 0.405 e. The van der Waals surface area contributed by atoms with Crippen molar-refractivity contribution in [2.75, 3.05) is 28.4 Å². The summed E-state index contributed by atoms with van der Waals surface area (Å²) >= 11 is 0. The van der Waals surface area contributed by atoms with Gasteiger partial charge in [-0.15, -0.1) is 0 Å². The normalized spacial score (nSPS) is 35.8. The number of carbonyl (C=O) groups is 4. The van der Waals surface area contributed by atoms with Crippen molar-refractivity contribution >= 4 is 23.6 Å². The SMILES string of the molecule is CO[C@H]1[C@@H](OC)C[C@H](C)[C@@H](OC)C2CC(=O)C=C(NC(=O)/C(C)=C/C=C\[C@H](OC)[C@@H](OC(N)=O)/C(C)=C/[C@@H]1C)C2=O. The fraction of sp³-hybridized carbons (Fsp3) is 0.600. The summed E-state index contributed by atoms with van der Waals surface area (Å²) in [5.41, 5.74) is 6.25. The van der Waals surface area contributed by atoms with Gasteiger partial charge >= 0.3 is 6.09 Å². The van der Waals surface area contributed by atoms with Crippen LogP contribution in [-0.4, -0.2) is 82.5 Å². The molecule has 2 bridgehead atoms. The lowest BCUT2D eigenvalue weighted by atomic mass is 9.78. The van der Waals surface area contributed by atoms with Gasteiger partial charge in [0.05, 0.1) is 29.9 Å². The minimum absolute atomic E-state index is 0.0258. The Morgan fingerprint density at radius 1 is 0.976 bits per heavy atom. The molecule has 0 aromatic heterocycles. The van der Waals surface area contributed by atoms with Crippen LogP contribution in [0.2, 0.25) is 0 Å². The third kappa shape index (κ3) is 8.93. The Hall–Kier alpha value is -3.12. The number of hydrogen-bond donors (Lipinski definition) is 2. The number of fused-ring (bicyclic) bond motifs is 2. The smallest absolute Gasteiger partial charge is 0.405 e. The molecule has 41 heavy (non-hydrogen) atoms. The van der Waals surface area contributed by atoms with Crippen molar-refractivity contribution in [1.29, 1.82) is 0 Å². The number of carbonyl (C=O) groups excluding carboxylic acids is 4. The molecule has 2 aliphatic rings. The minimum Gasteiger partial charge on any atom is -0.439 e. The van der Waals surface area contributed by atoms with Gasteiger partial charge in [0.1, 0.15) is 6.10 Å². The molecule has 0 radical (unpaired) electrons. The van der Waals surface area contributed by atoms with Gasteiger partial charge in [-0.2, -0.15) is 0 Å². The highest BCUT2D eigenvalue weighted by atomic mass is 16.6. The van der Waals surface area contributed by atoms with Crippen molar-refractivity contribution in [3.05, 3.63) is 47.2 Å². The summed E-state index contributed by atoms with van der Waals surface area (Å²) in [6, 6.07) is 0. The molecule has 0 fully saturated rings. The molecular weight excluding hydrogens is 532 g/mol. The van der Waals surface area contributed by atoms with Gasteiger partial charge in [-0.3, -0.25) is 14.4 Å². The fourth-order valence-electron chi connectivity index (χ4n) is 5.58. The molecule has 0 aromatic rings. The fourth-order valence-corrected chi connectivity index (χ4v) is 5.58. The van der Waals surface area contributed by atoms with E-state index in [-0.39, 0.29) is 41.1 Å². The van der Waals surface area contributed by atoms with Crippen LogP contribution in [-0.2, 0) is 38.1 Å². The number of allylic oxidation sites excluding steroid dienone is 4. The molecular formula is C30H44N2O9. The van der Waals surface area contributed by atoms with E-state index in [1.807, 2.05) is 19.9 Å². The Labute approximate surface area is 242 Å². The molecule has 11 heteroatoms. The van der Waals surface area contributed by atoms with Crippen LogP contribution in [0, 0.1) is 17.8 Å². The Balaban J connectivity index is 2.64. The molecule has 0 saturated carbocycles. The quantitative estimate of drug-likeness (QED) is 0.471. The van der Waals surface area contributed by atoms with E-state index in [2.05, 4.69) is 5.32 Å². The predicted octanol–water partition coefficient (Wildman–Crippen LogP) is 2.79. The first kappa shape index (κ1) is 34.1. The molecule has 0 saturated heterocycles. The summed E-state index contributed by atoms with van der Waals surface area (Å²) < 4.78 is 28.5. The second-order valence-electron chi connectivity index (χ2n) is 10.6. The predicted molar refractivity (Wildman–Crippen MR) is 152 cm³/mol. The van der Waals surface area contributed by atoms with Gasteiger partial charge in [0.15, 0.2) is 17.7 Å². The second kappa shape index (κ2) is 15.8. The number of nitrogens with one attached hydrogen (secondary N) is 1. The first-order valence-corrected chi connectivity index (χ1v) is 13.6. The summed E-state index contributed by atoms with van der Waals surface area (Å²) in [7, 11) is 6.12. The molecule has 2 rings (SSSR count). The summed E-state index contributed by atoms with van der Waals surface area (Å²) in [6.45, 7) is 7.24. The number of methoxy groups -OCH3 is 4. The number of primary amides is 1. The average Bonchev–Trinajstić information content (AvgIpc) is 2.91. The summed E-state index contributed by atoms with van der Waals surface area (Å²) in [5.74, 6) is -2.41. The van der Waals surface area contributed by atoms with Gasteiger partial charge in [0.2, 0.25) is 0 Å². The number of ketones is 2. The molecule has 11 nitrogen and oxygen atoms in total. The van der Waals surface area contributed by atoms with Crippen LogP contribution in [0.25, 0.3) is 0 Å². The largest absolute Gasteiger partial charge is 0.439 e. The van der Waals surface area contributed by atoms with E-state index in [4.69, 9.17) is 29.4 Å². The first-order valence-electron chi connectivity index (χ1n) is 13.6. The monoisotopic (exact) mass is 576 g/mol.